The smallest absolute Gasteiger partial charge is 0.123 e. The highest BCUT2D eigenvalue weighted by Crippen LogP contribution is 2.36. The second-order valence-electron chi connectivity index (χ2n) is 5.10. The second-order valence-corrected chi connectivity index (χ2v) is 5.10. The van der Waals surface area contributed by atoms with E-state index >= 15 is 0 Å². The SMILES string of the molecule is CCOC(C(O)Cc1cc(F)ccc1C)C1CC1. The number of hydrogen-bond acceptors (Lipinski definition) is 2. The first-order valence-corrected chi connectivity index (χ1v) is 6.66. The van der Waals surface area contributed by atoms with Crippen molar-refractivity contribution in [2.45, 2.75) is 45.3 Å². The van der Waals surface area contributed by atoms with Crippen LogP contribution >= 0.6 is 0 Å². The summed E-state index contributed by atoms with van der Waals surface area (Å²) in [6.45, 7) is 4.49. The number of ether oxygens (including phenoxy) is 1. The van der Waals surface area contributed by atoms with Crippen molar-refractivity contribution in [1.82, 2.24) is 0 Å². The van der Waals surface area contributed by atoms with Gasteiger partial charge in [0.2, 0.25) is 0 Å². The van der Waals surface area contributed by atoms with Crippen LogP contribution in [0, 0.1) is 18.7 Å². The van der Waals surface area contributed by atoms with Crippen molar-refractivity contribution < 1.29 is 14.2 Å². The van der Waals surface area contributed by atoms with Crippen molar-refractivity contribution >= 4 is 0 Å². The van der Waals surface area contributed by atoms with Crippen molar-refractivity contribution in [2.75, 3.05) is 6.61 Å². The zero-order valence-corrected chi connectivity index (χ0v) is 11.0. The fourth-order valence-electron chi connectivity index (χ4n) is 2.38. The molecule has 1 saturated carbocycles. The zero-order chi connectivity index (χ0) is 13.1. The molecule has 0 radical (unpaired) electrons. The maximum atomic E-state index is 13.2. The van der Waals surface area contributed by atoms with E-state index in [1.54, 1.807) is 6.07 Å². The van der Waals surface area contributed by atoms with Gasteiger partial charge in [0.25, 0.3) is 0 Å². The molecule has 1 aromatic rings. The Morgan fingerprint density at radius 2 is 2.17 bits per heavy atom. The van der Waals surface area contributed by atoms with Crippen LogP contribution in [0.4, 0.5) is 4.39 Å². The van der Waals surface area contributed by atoms with Gasteiger partial charge in [0, 0.05) is 13.0 Å². The van der Waals surface area contributed by atoms with Crippen molar-refractivity contribution in [3.05, 3.63) is 35.1 Å². The van der Waals surface area contributed by atoms with E-state index in [1.807, 2.05) is 13.8 Å². The second kappa shape index (κ2) is 5.81. The topological polar surface area (TPSA) is 29.5 Å². The molecule has 2 unspecified atom stereocenters. The molecule has 3 heteroatoms. The fourth-order valence-corrected chi connectivity index (χ4v) is 2.38. The van der Waals surface area contributed by atoms with Crippen LogP contribution in [0.1, 0.15) is 30.9 Å². The minimum absolute atomic E-state index is 0.0994. The normalized spacial score (nSPS) is 18.7. The van der Waals surface area contributed by atoms with Crippen LogP contribution in [0.5, 0.6) is 0 Å². The molecule has 0 bridgehead atoms. The Kier molecular flexibility index (Phi) is 4.36. The largest absolute Gasteiger partial charge is 0.390 e. The summed E-state index contributed by atoms with van der Waals surface area (Å²) in [5.41, 5.74) is 1.88. The molecule has 0 spiro atoms. The molecule has 1 N–H and O–H groups in total. The summed E-state index contributed by atoms with van der Waals surface area (Å²) >= 11 is 0. The Bertz CT molecular complexity index is 401. The maximum absolute atomic E-state index is 13.2. The molecule has 0 heterocycles. The lowest BCUT2D eigenvalue weighted by molar-refractivity contribution is -0.0440. The quantitative estimate of drug-likeness (QED) is 0.843. The Morgan fingerprint density at radius 1 is 1.44 bits per heavy atom. The molecule has 2 nitrogen and oxygen atoms in total. The highest BCUT2D eigenvalue weighted by Gasteiger charge is 2.36. The van der Waals surface area contributed by atoms with Crippen LogP contribution in [0.25, 0.3) is 0 Å². The number of rotatable bonds is 6. The third-order valence-electron chi connectivity index (χ3n) is 3.57. The summed E-state index contributed by atoms with van der Waals surface area (Å²) in [5.74, 6) is 0.232. The van der Waals surface area contributed by atoms with Crippen LogP contribution in [0.2, 0.25) is 0 Å². The van der Waals surface area contributed by atoms with Crippen LogP contribution < -0.4 is 0 Å². The first-order valence-electron chi connectivity index (χ1n) is 6.66. The third kappa shape index (κ3) is 3.30. The highest BCUT2D eigenvalue weighted by molar-refractivity contribution is 5.27. The molecule has 2 atom stereocenters. The molecule has 1 aromatic carbocycles. The van der Waals surface area contributed by atoms with Gasteiger partial charge in [-0.15, -0.1) is 0 Å². The van der Waals surface area contributed by atoms with Gasteiger partial charge in [-0.05, 0) is 55.9 Å². The van der Waals surface area contributed by atoms with Crippen molar-refractivity contribution in [3.8, 4) is 0 Å². The summed E-state index contributed by atoms with van der Waals surface area (Å²) in [5, 5.41) is 10.3. The van der Waals surface area contributed by atoms with Gasteiger partial charge in [-0.3, -0.25) is 0 Å². The lowest BCUT2D eigenvalue weighted by atomic mass is 9.97. The molecular formula is C15H21FO2. The number of benzene rings is 1. The minimum Gasteiger partial charge on any atom is -0.390 e. The van der Waals surface area contributed by atoms with Crippen LogP contribution in [0.15, 0.2) is 18.2 Å². The van der Waals surface area contributed by atoms with Gasteiger partial charge in [0.05, 0.1) is 12.2 Å². The number of aliphatic hydroxyl groups excluding tert-OH is 1. The third-order valence-corrected chi connectivity index (χ3v) is 3.57. The number of hydrogen-bond donors (Lipinski definition) is 1. The molecule has 0 amide bonds. The molecule has 100 valence electrons. The first-order chi connectivity index (χ1) is 8.61. The van der Waals surface area contributed by atoms with Gasteiger partial charge in [0.15, 0.2) is 0 Å². The Hall–Kier alpha value is -0.930. The molecular weight excluding hydrogens is 231 g/mol. The summed E-state index contributed by atoms with van der Waals surface area (Å²) in [7, 11) is 0. The summed E-state index contributed by atoms with van der Waals surface area (Å²) in [6.07, 6.45) is 2.08. The maximum Gasteiger partial charge on any atom is 0.123 e. The average Bonchev–Trinajstić information content (AvgIpc) is 3.14. The predicted octanol–water partition coefficient (Wildman–Crippen LogP) is 2.85. The zero-order valence-electron chi connectivity index (χ0n) is 11.0. The molecule has 2 rings (SSSR count). The van der Waals surface area contributed by atoms with E-state index in [0.717, 1.165) is 24.0 Å². The van der Waals surface area contributed by atoms with Gasteiger partial charge in [-0.25, -0.2) is 4.39 Å². The molecule has 0 saturated heterocycles. The highest BCUT2D eigenvalue weighted by atomic mass is 19.1. The molecule has 0 aromatic heterocycles. The van der Waals surface area contributed by atoms with E-state index in [1.165, 1.54) is 12.1 Å². The lowest BCUT2D eigenvalue weighted by Crippen LogP contribution is -2.33. The summed E-state index contributed by atoms with van der Waals surface area (Å²) < 4.78 is 18.8. The molecule has 1 aliphatic carbocycles. The van der Waals surface area contributed by atoms with E-state index in [2.05, 4.69) is 0 Å². The van der Waals surface area contributed by atoms with E-state index < -0.39 is 6.10 Å². The lowest BCUT2D eigenvalue weighted by Gasteiger charge is -2.23. The van der Waals surface area contributed by atoms with E-state index in [9.17, 15) is 9.50 Å². The summed E-state index contributed by atoms with van der Waals surface area (Å²) in [6, 6.07) is 4.71. The molecule has 1 aliphatic rings. The van der Waals surface area contributed by atoms with Gasteiger partial charge >= 0.3 is 0 Å². The Balaban J connectivity index is 2.04. The number of aliphatic hydroxyl groups is 1. The molecule has 18 heavy (non-hydrogen) atoms. The minimum atomic E-state index is -0.544. The van der Waals surface area contributed by atoms with Crippen molar-refractivity contribution in [3.63, 3.8) is 0 Å². The Morgan fingerprint density at radius 3 is 2.78 bits per heavy atom. The van der Waals surface area contributed by atoms with E-state index in [-0.39, 0.29) is 11.9 Å². The van der Waals surface area contributed by atoms with E-state index in [0.29, 0.717) is 18.9 Å². The van der Waals surface area contributed by atoms with Gasteiger partial charge in [-0.1, -0.05) is 6.07 Å². The number of halogens is 1. The van der Waals surface area contributed by atoms with Crippen LogP contribution in [0.3, 0.4) is 0 Å². The first kappa shape index (κ1) is 13.5. The molecule has 1 fully saturated rings. The average molecular weight is 252 g/mol. The van der Waals surface area contributed by atoms with Gasteiger partial charge < -0.3 is 9.84 Å². The van der Waals surface area contributed by atoms with E-state index in [4.69, 9.17) is 4.74 Å². The van der Waals surface area contributed by atoms with Crippen molar-refractivity contribution in [2.24, 2.45) is 5.92 Å². The van der Waals surface area contributed by atoms with Crippen molar-refractivity contribution in [1.29, 1.82) is 0 Å². The number of aryl methyl sites for hydroxylation is 1. The monoisotopic (exact) mass is 252 g/mol. The Labute approximate surface area is 108 Å². The fraction of sp³-hybridized carbons (Fsp3) is 0.600. The molecule has 0 aliphatic heterocycles. The van der Waals surface area contributed by atoms with Gasteiger partial charge in [-0.2, -0.15) is 0 Å². The predicted molar refractivity (Wildman–Crippen MR) is 69.0 cm³/mol. The van der Waals surface area contributed by atoms with Gasteiger partial charge in [0.1, 0.15) is 5.82 Å². The standard InChI is InChI=1S/C15H21FO2/c1-3-18-15(11-5-6-11)14(17)9-12-8-13(16)7-4-10(12)2/h4,7-8,11,14-15,17H,3,5-6,9H2,1-2H3. The van der Waals surface area contributed by atoms with Crippen LogP contribution in [-0.4, -0.2) is 23.9 Å². The van der Waals surface area contributed by atoms with Crippen LogP contribution in [-0.2, 0) is 11.2 Å². The summed E-state index contributed by atoms with van der Waals surface area (Å²) in [4.78, 5) is 0.